The van der Waals surface area contributed by atoms with Crippen LogP contribution in [0.5, 0.6) is 0 Å². The molecule has 2 unspecified atom stereocenters. The van der Waals surface area contributed by atoms with Crippen LogP contribution in [0.15, 0.2) is 0 Å². The normalized spacial score (nSPS) is 27.5. The lowest BCUT2D eigenvalue weighted by molar-refractivity contribution is -0.146. The van der Waals surface area contributed by atoms with Crippen LogP contribution in [0.3, 0.4) is 0 Å². The number of carbonyl (C=O) groups excluding carboxylic acids is 1. The minimum absolute atomic E-state index is 0.174. The minimum atomic E-state index is -0.733. The SMILES string of the molecule is CCN(C(=O)CN1CC(C)CC(C(=O)O)C1)C1CCCCC1. The maximum atomic E-state index is 12.7. The Morgan fingerprint density at radius 3 is 2.45 bits per heavy atom. The average molecular weight is 310 g/mol. The second kappa shape index (κ2) is 7.95. The Balaban J connectivity index is 1.92. The lowest BCUT2D eigenvalue weighted by atomic mass is 9.90. The zero-order valence-electron chi connectivity index (χ0n) is 14.0. The maximum absolute atomic E-state index is 12.7. The van der Waals surface area contributed by atoms with Gasteiger partial charge in [-0.1, -0.05) is 26.2 Å². The fraction of sp³-hybridized carbons (Fsp3) is 0.882. The Bertz CT molecular complexity index is 393. The van der Waals surface area contributed by atoms with Crippen LogP contribution in [0, 0.1) is 11.8 Å². The molecule has 0 aromatic rings. The summed E-state index contributed by atoms with van der Waals surface area (Å²) in [5.41, 5.74) is 0. The number of likely N-dealkylation sites (N-methyl/N-ethyl adjacent to an activating group) is 1. The summed E-state index contributed by atoms with van der Waals surface area (Å²) in [6, 6.07) is 0.392. The van der Waals surface area contributed by atoms with Gasteiger partial charge < -0.3 is 10.0 Å². The molecule has 0 radical (unpaired) electrons. The van der Waals surface area contributed by atoms with Crippen LogP contribution >= 0.6 is 0 Å². The highest BCUT2D eigenvalue weighted by atomic mass is 16.4. The molecule has 2 fully saturated rings. The quantitative estimate of drug-likeness (QED) is 0.846. The summed E-state index contributed by atoms with van der Waals surface area (Å²) in [7, 11) is 0. The molecule has 1 aliphatic carbocycles. The molecule has 2 rings (SSSR count). The van der Waals surface area contributed by atoms with Gasteiger partial charge in [-0.15, -0.1) is 0 Å². The maximum Gasteiger partial charge on any atom is 0.307 e. The van der Waals surface area contributed by atoms with Gasteiger partial charge in [0.25, 0.3) is 0 Å². The summed E-state index contributed by atoms with van der Waals surface area (Å²) in [6.07, 6.45) is 6.68. The summed E-state index contributed by atoms with van der Waals surface area (Å²) in [5, 5.41) is 9.25. The molecule has 0 spiro atoms. The van der Waals surface area contributed by atoms with E-state index in [2.05, 4.69) is 6.92 Å². The lowest BCUT2D eigenvalue weighted by Crippen LogP contribution is -2.50. The third kappa shape index (κ3) is 4.45. The van der Waals surface area contributed by atoms with E-state index < -0.39 is 5.97 Å². The van der Waals surface area contributed by atoms with E-state index in [1.54, 1.807) is 0 Å². The first kappa shape index (κ1) is 17.3. The first-order valence-corrected chi connectivity index (χ1v) is 8.75. The van der Waals surface area contributed by atoms with Gasteiger partial charge in [-0.2, -0.15) is 0 Å². The number of amides is 1. The van der Waals surface area contributed by atoms with Gasteiger partial charge >= 0.3 is 5.97 Å². The Labute approximate surface area is 133 Å². The third-order valence-electron chi connectivity index (χ3n) is 5.12. The molecule has 5 nitrogen and oxygen atoms in total. The molecule has 1 heterocycles. The molecule has 0 aromatic heterocycles. The molecule has 126 valence electrons. The van der Waals surface area contributed by atoms with Gasteiger partial charge in [0.1, 0.15) is 0 Å². The smallest absolute Gasteiger partial charge is 0.307 e. The number of carboxylic acids is 1. The zero-order chi connectivity index (χ0) is 16.1. The van der Waals surface area contributed by atoms with Crippen molar-refractivity contribution in [3.05, 3.63) is 0 Å². The highest BCUT2D eigenvalue weighted by Crippen LogP contribution is 2.24. The van der Waals surface area contributed by atoms with Gasteiger partial charge in [0.15, 0.2) is 0 Å². The fourth-order valence-electron chi connectivity index (χ4n) is 4.08. The third-order valence-corrected chi connectivity index (χ3v) is 5.12. The summed E-state index contributed by atoms with van der Waals surface area (Å²) < 4.78 is 0. The first-order valence-electron chi connectivity index (χ1n) is 8.75. The van der Waals surface area contributed by atoms with Crippen molar-refractivity contribution < 1.29 is 14.7 Å². The number of carbonyl (C=O) groups is 2. The minimum Gasteiger partial charge on any atom is -0.481 e. The van der Waals surface area contributed by atoms with Gasteiger partial charge in [-0.05, 0) is 32.1 Å². The Morgan fingerprint density at radius 2 is 1.86 bits per heavy atom. The van der Waals surface area contributed by atoms with Gasteiger partial charge in [0.2, 0.25) is 5.91 Å². The molecule has 1 aliphatic heterocycles. The standard InChI is InChI=1S/C17H30N2O3/c1-3-19(15-7-5-4-6-8-15)16(20)12-18-10-13(2)9-14(11-18)17(21)22/h13-15H,3-12H2,1-2H3,(H,21,22). The fourth-order valence-corrected chi connectivity index (χ4v) is 4.08. The number of hydrogen-bond acceptors (Lipinski definition) is 3. The van der Waals surface area contributed by atoms with E-state index in [1.165, 1.54) is 19.3 Å². The van der Waals surface area contributed by atoms with Crippen LogP contribution in [0.2, 0.25) is 0 Å². The predicted molar refractivity (Wildman–Crippen MR) is 85.6 cm³/mol. The summed E-state index contributed by atoms with van der Waals surface area (Å²) >= 11 is 0. The van der Waals surface area contributed by atoms with Crippen molar-refractivity contribution in [2.45, 2.75) is 58.4 Å². The van der Waals surface area contributed by atoms with E-state index >= 15 is 0 Å². The van der Waals surface area contributed by atoms with Crippen LogP contribution in [0.4, 0.5) is 0 Å². The van der Waals surface area contributed by atoms with Crippen molar-refractivity contribution in [2.24, 2.45) is 11.8 Å². The first-order chi connectivity index (χ1) is 10.5. The number of aliphatic carboxylic acids is 1. The molecule has 5 heteroatoms. The van der Waals surface area contributed by atoms with Gasteiger partial charge in [0.05, 0.1) is 12.5 Å². The second-order valence-electron chi connectivity index (χ2n) is 7.04. The number of hydrogen-bond donors (Lipinski definition) is 1. The van der Waals surface area contributed by atoms with Crippen LogP contribution in [-0.2, 0) is 9.59 Å². The van der Waals surface area contributed by atoms with Crippen molar-refractivity contribution >= 4 is 11.9 Å². The van der Waals surface area contributed by atoms with Gasteiger partial charge in [-0.3, -0.25) is 14.5 Å². The van der Waals surface area contributed by atoms with E-state index in [0.29, 0.717) is 25.0 Å². The highest BCUT2D eigenvalue weighted by Gasteiger charge is 2.32. The molecule has 2 aliphatic rings. The summed E-state index contributed by atoms with van der Waals surface area (Å²) in [4.78, 5) is 28.0. The van der Waals surface area contributed by atoms with Gasteiger partial charge in [0, 0.05) is 25.7 Å². The van der Waals surface area contributed by atoms with Crippen molar-refractivity contribution in [3.63, 3.8) is 0 Å². The number of piperidine rings is 1. The van der Waals surface area contributed by atoms with Crippen molar-refractivity contribution in [2.75, 3.05) is 26.2 Å². The largest absolute Gasteiger partial charge is 0.481 e. The monoisotopic (exact) mass is 310 g/mol. The van der Waals surface area contributed by atoms with Crippen molar-refractivity contribution in [1.29, 1.82) is 0 Å². The van der Waals surface area contributed by atoms with Crippen LogP contribution in [0.25, 0.3) is 0 Å². The molecule has 0 aromatic carbocycles. The number of likely N-dealkylation sites (tertiary alicyclic amines) is 1. The lowest BCUT2D eigenvalue weighted by Gasteiger charge is -2.38. The molecule has 2 atom stereocenters. The average Bonchev–Trinajstić information content (AvgIpc) is 2.48. The number of carboxylic acid groups (broad SMARTS) is 1. The number of nitrogens with zero attached hydrogens (tertiary/aromatic N) is 2. The zero-order valence-corrected chi connectivity index (χ0v) is 14.0. The molecule has 0 bridgehead atoms. The van der Waals surface area contributed by atoms with Crippen LogP contribution in [0.1, 0.15) is 52.4 Å². The highest BCUT2D eigenvalue weighted by molar-refractivity contribution is 5.79. The predicted octanol–water partition coefficient (Wildman–Crippen LogP) is 2.21. The van der Waals surface area contributed by atoms with E-state index in [0.717, 1.165) is 32.4 Å². The number of rotatable bonds is 5. The summed E-state index contributed by atoms with van der Waals surface area (Å²) in [5.74, 6) is -0.551. The topological polar surface area (TPSA) is 60.9 Å². The van der Waals surface area contributed by atoms with Gasteiger partial charge in [-0.25, -0.2) is 0 Å². The van der Waals surface area contributed by atoms with E-state index in [1.807, 2.05) is 16.7 Å². The Hall–Kier alpha value is -1.10. The van der Waals surface area contributed by atoms with E-state index in [9.17, 15) is 14.7 Å². The van der Waals surface area contributed by atoms with E-state index in [-0.39, 0.29) is 11.8 Å². The Kier molecular flexibility index (Phi) is 6.24. The van der Waals surface area contributed by atoms with Crippen LogP contribution < -0.4 is 0 Å². The van der Waals surface area contributed by atoms with E-state index in [4.69, 9.17) is 0 Å². The van der Waals surface area contributed by atoms with Crippen molar-refractivity contribution in [1.82, 2.24) is 9.80 Å². The molecule has 1 saturated carbocycles. The molecular formula is C17H30N2O3. The molecule has 1 amide bonds. The van der Waals surface area contributed by atoms with Crippen LogP contribution in [-0.4, -0.2) is 59.0 Å². The molecule has 1 N–H and O–H groups in total. The Morgan fingerprint density at radius 1 is 1.18 bits per heavy atom. The second-order valence-corrected chi connectivity index (χ2v) is 7.04. The molecule has 22 heavy (non-hydrogen) atoms. The molecular weight excluding hydrogens is 280 g/mol. The van der Waals surface area contributed by atoms with Crippen molar-refractivity contribution in [3.8, 4) is 0 Å². The molecule has 1 saturated heterocycles. The summed E-state index contributed by atoms with van der Waals surface area (Å²) in [6.45, 7) is 6.59.